The first-order valence-corrected chi connectivity index (χ1v) is 10.5. The average molecular weight is 454 g/mol. The molecule has 3 aromatic rings. The molecule has 0 aliphatic heterocycles. The number of carbonyl (C=O) groups is 3. The summed E-state index contributed by atoms with van der Waals surface area (Å²) in [5.74, 6) is -1.40. The van der Waals surface area contributed by atoms with Gasteiger partial charge in [0.25, 0.3) is 5.91 Å². The van der Waals surface area contributed by atoms with Gasteiger partial charge in [0, 0.05) is 0 Å². The second kappa shape index (κ2) is 11.2. The first-order chi connectivity index (χ1) is 16.4. The fourth-order valence-corrected chi connectivity index (χ4v) is 2.97. The van der Waals surface area contributed by atoms with Crippen LogP contribution in [0.5, 0.6) is 5.75 Å². The predicted molar refractivity (Wildman–Crippen MR) is 127 cm³/mol. The molecule has 1 N–H and O–H groups in total. The van der Waals surface area contributed by atoms with Crippen LogP contribution in [0.15, 0.2) is 78.4 Å². The average Bonchev–Trinajstić information content (AvgIpc) is 2.84. The molecule has 0 saturated heterocycles. The number of anilines is 1. The van der Waals surface area contributed by atoms with E-state index < -0.39 is 17.8 Å². The number of para-hydroxylation sites is 1. The van der Waals surface area contributed by atoms with E-state index in [0.29, 0.717) is 16.9 Å². The molecule has 0 unspecified atom stereocenters. The summed E-state index contributed by atoms with van der Waals surface area (Å²) in [6.07, 6.45) is 1.40. The molecular formula is C27H22N2O5. The fraction of sp³-hybridized carbons (Fsp3) is 0.111. The van der Waals surface area contributed by atoms with Crippen molar-refractivity contribution < 1.29 is 23.9 Å². The summed E-state index contributed by atoms with van der Waals surface area (Å²) < 4.78 is 10.4. The van der Waals surface area contributed by atoms with Gasteiger partial charge in [-0.3, -0.25) is 4.79 Å². The Hall–Kier alpha value is -4.70. The van der Waals surface area contributed by atoms with Gasteiger partial charge in [-0.25, -0.2) is 9.59 Å². The number of aryl methyl sites for hydroxylation is 1. The first kappa shape index (κ1) is 24.0. The van der Waals surface area contributed by atoms with Gasteiger partial charge in [-0.05, 0) is 61.9 Å². The standard InChI is InChI=1S/C27H22N2O5/c1-3-33-27(32)23-6-4-5-7-24(23)29-25(30)21(17-28)16-19-10-14-22(15-11-19)34-26(31)20-12-8-18(2)9-13-20/h4-16H,3H2,1-2H3,(H,29,30)/b21-16+. The lowest BCUT2D eigenvalue weighted by molar-refractivity contribution is -0.112. The zero-order valence-corrected chi connectivity index (χ0v) is 18.7. The number of nitriles is 1. The molecule has 34 heavy (non-hydrogen) atoms. The molecule has 3 rings (SSSR count). The molecular weight excluding hydrogens is 432 g/mol. The smallest absolute Gasteiger partial charge is 0.343 e. The normalized spacial score (nSPS) is 10.7. The summed E-state index contributed by atoms with van der Waals surface area (Å²) in [6.45, 7) is 3.81. The number of amides is 1. The summed E-state index contributed by atoms with van der Waals surface area (Å²) >= 11 is 0. The molecule has 7 nitrogen and oxygen atoms in total. The first-order valence-electron chi connectivity index (χ1n) is 10.5. The predicted octanol–water partition coefficient (Wildman–Crippen LogP) is 4.94. The van der Waals surface area contributed by atoms with Crippen molar-refractivity contribution in [2.24, 2.45) is 0 Å². The van der Waals surface area contributed by atoms with Crippen LogP contribution < -0.4 is 10.1 Å². The summed E-state index contributed by atoms with van der Waals surface area (Å²) in [7, 11) is 0. The molecule has 0 heterocycles. The van der Waals surface area contributed by atoms with E-state index in [1.165, 1.54) is 12.1 Å². The molecule has 7 heteroatoms. The van der Waals surface area contributed by atoms with Crippen molar-refractivity contribution in [3.8, 4) is 11.8 Å². The van der Waals surface area contributed by atoms with E-state index in [1.54, 1.807) is 61.5 Å². The van der Waals surface area contributed by atoms with Crippen molar-refractivity contribution in [1.29, 1.82) is 5.26 Å². The molecule has 0 radical (unpaired) electrons. The monoisotopic (exact) mass is 454 g/mol. The van der Waals surface area contributed by atoms with Crippen LogP contribution in [0.2, 0.25) is 0 Å². The number of ether oxygens (including phenoxy) is 2. The summed E-state index contributed by atoms with van der Waals surface area (Å²) in [6, 6.07) is 21.7. The lowest BCUT2D eigenvalue weighted by atomic mass is 10.1. The molecule has 0 aromatic heterocycles. The van der Waals surface area contributed by atoms with Gasteiger partial charge < -0.3 is 14.8 Å². The van der Waals surface area contributed by atoms with Gasteiger partial charge in [-0.2, -0.15) is 5.26 Å². The summed E-state index contributed by atoms with van der Waals surface area (Å²) in [5, 5.41) is 12.1. The Bertz CT molecular complexity index is 1270. The molecule has 3 aromatic carbocycles. The van der Waals surface area contributed by atoms with Gasteiger partial charge >= 0.3 is 11.9 Å². The van der Waals surface area contributed by atoms with Crippen LogP contribution in [0.3, 0.4) is 0 Å². The highest BCUT2D eigenvalue weighted by Crippen LogP contribution is 2.19. The number of carbonyl (C=O) groups excluding carboxylic acids is 3. The number of esters is 2. The van der Waals surface area contributed by atoms with Gasteiger partial charge in [-0.1, -0.05) is 42.0 Å². The van der Waals surface area contributed by atoms with Gasteiger partial charge in [-0.15, -0.1) is 0 Å². The zero-order valence-electron chi connectivity index (χ0n) is 18.7. The van der Waals surface area contributed by atoms with Crippen LogP contribution in [0.25, 0.3) is 6.08 Å². The van der Waals surface area contributed by atoms with E-state index in [0.717, 1.165) is 5.56 Å². The molecule has 0 aliphatic carbocycles. The lowest BCUT2D eigenvalue weighted by Gasteiger charge is -2.10. The summed E-state index contributed by atoms with van der Waals surface area (Å²) in [5.41, 5.74) is 2.29. The second-order valence-corrected chi connectivity index (χ2v) is 7.21. The number of nitrogens with zero attached hydrogens (tertiary/aromatic N) is 1. The number of hydrogen-bond donors (Lipinski definition) is 1. The Morgan fingerprint density at radius 3 is 2.26 bits per heavy atom. The maximum Gasteiger partial charge on any atom is 0.343 e. The number of hydrogen-bond acceptors (Lipinski definition) is 6. The van der Waals surface area contributed by atoms with Crippen molar-refractivity contribution in [2.75, 3.05) is 11.9 Å². The Labute approximate surface area is 197 Å². The van der Waals surface area contributed by atoms with Crippen molar-refractivity contribution >= 4 is 29.6 Å². The van der Waals surface area contributed by atoms with E-state index in [-0.39, 0.29) is 23.4 Å². The molecule has 0 aliphatic rings. The van der Waals surface area contributed by atoms with Crippen LogP contribution in [-0.4, -0.2) is 24.5 Å². The molecule has 0 atom stereocenters. The Balaban J connectivity index is 1.71. The van der Waals surface area contributed by atoms with E-state index >= 15 is 0 Å². The highest BCUT2D eigenvalue weighted by atomic mass is 16.5. The molecule has 0 saturated carbocycles. The Morgan fingerprint density at radius 1 is 0.941 bits per heavy atom. The van der Waals surface area contributed by atoms with Crippen LogP contribution in [0.4, 0.5) is 5.69 Å². The van der Waals surface area contributed by atoms with Gasteiger partial charge in [0.2, 0.25) is 0 Å². The fourth-order valence-electron chi connectivity index (χ4n) is 2.97. The van der Waals surface area contributed by atoms with E-state index in [1.807, 2.05) is 25.1 Å². The number of benzene rings is 3. The third-order valence-electron chi connectivity index (χ3n) is 4.72. The highest BCUT2D eigenvalue weighted by Gasteiger charge is 2.16. The van der Waals surface area contributed by atoms with E-state index in [4.69, 9.17) is 9.47 Å². The van der Waals surface area contributed by atoms with Crippen LogP contribution in [0.1, 0.15) is 38.8 Å². The van der Waals surface area contributed by atoms with Crippen molar-refractivity contribution in [2.45, 2.75) is 13.8 Å². The van der Waals surface area contributed by atoms with Gasteiger partial charge in [0.05, 0.1) is 23.4 Å². The molecule has 0 fully saturated rings. The van der Waals surface area contributed by atoms with Crippen LogP contribution in [0, 0.1) is 18.3 Å². The van der Waals surface area contributed by atoms with Crippen LogP contribution >= 0.6 is 0 Å². The maximum atomic E-state index is 12.7. The SMILES string of the molecule is CCOC(=O)c1ccccc1NC(=O)/C(C#N)=C/c1ccc(OC(=O)c2ccc(C)cc2)cc1. The van der Waals surface area contributed by atoms with Crippen LogP contribution in [-0.2, 0) is 9.53 Å². The van der Waals surface area contributed by atoms with Crippen molar-refractivity contribution in [3.63, 3.8) is 0 Å². The summed E-state index contributed by atoms with van der Waals surface area (Å²) in [4.78, 5) is 37.0. The van der Waals surface area contributed by atoms with E-state index in [2.05, 4.69) is 5.32 Å². The Morgan fingerprint density at radius 2 is 1.62 bits per heavy atom. The molecule has 0 bridgehead atoms. The second-order valence-electron chi connectivity index (χ2n) is 7.21. The van der Waals surface area contributed by atoms with Gasteiger partial charge in [0.15, 0.2) is 0 Å². The number of nitrogens with one attached hydrogen (secondary N) is 1. The topological polar surface area (TPSA) is 105 Å². The van der Waals surface area contributed by atoms with E-state index in [9.17, 15) is 19.6 Å². The third kappa shape index (κ3) is 6.17. The minimum Gasteiger partial charge on any atom is -0.462 e. The Kier molecular flexibility index (Phi) is 7.93. The third-order valence-corrected chi connectivity index (χ3v) is 4.72. The molecule has 1 amide bonds. The quantitative estimate of drug-likeness (QED) is 0.235. The minimum absolute atomic E-state index is 0.164. The minimum atomic E-state index is -0.672. The van der Waals surface area contributed by atoms with Crippen molar-refractivity contribution in [1.82, 2.24) is 0 Å². The number of rotatable bonds is 7. The zero-order chi connectivity index (χ0) is 24.5. The molecule has 0 spiro atoms. The molecule has 170 valence electrons. The highest BCUT2D eigenvalue weighted by molar-refractivity contribution is 6.12. The van der Waals surface area contributed by atoms with Gasteiger partial charge in [0.1, 0.15) is 17.4 Å². The van der Waals surface area contributed by atoms with Crippen molar-refractivity contribution in [3.05, 3.63) is 101 Å². The maximum absolute atomic E-state index is 12.7. The largest absolute Gasteiger partial charge is 0.462 e. The lowest BCUT2D eigenvalue weighted by Crippen LogP contribution is -2.17.